The first-order valence-corrected chi connectivity index (χ1v) is 8.45. The maximum atomic E-state index is 12.3. The molecule has 4 nitrogen and oxygen atoms in total. The van der Waals surface area contributed by atoms with E-state index in [1.165, 1.54) is 12.8 Å². The number of hydrogen-bond acceptors (Lipinski definition) is 4. The maximum Gasteiger partial charge on any atom is 0.313 e. The van der Waals surface area contributed by atoms with E-state index in [4.69, 9.17) is 14.2 Å². The smallest absolute Gasteiger partial charge is 0.313 e. The number of esters is 1. The van der Waals surface area contributed by atoms with Crippen LogP contribution >= 0.6 is 0 Å². The monoisotopic (exact) mass is 322 g/mol. The summed E-state index contributed by atoms with van der Waals surface area (Å²) in [5.74, 6) is 1.26. The second-order valence-corrected chi connectivity index (χ2v) is 5.91. The first-order chi connectivity index (χ1) is 11.0. The van der Waals surface area contributed by atoms with Crippen molar-refractivity contribution in [3.8, 4) is 11.5 Å². The molecule has 0 aliphatic rings. The number of unbranched alkanes of at least 4 members (excludes halogenated alkanes) is 1. The molecule has 2 atom stereocenters. The molecule has 0 N–H and O–H groups in total. The lowest BCUT2D eigenvalue weighted by atomic mass is 9.99. The van der Waals surface area contributed by atoms with Crippen molar-refractivity contribution in [3.05, 3.63) is 23.8 Å². The van der Waals surface area contributed by atoms with Crippen molar-refractivity contribution in [3.63, 3.8) is 0 Å². The molecule has 2 unspecified atom stereocenters. The summed E-state index contributed by atoms with van der Waals surface area (Å²) in [5.41, 5.74) is 0.841. The lowest BCUT2D eigenvalue weighted by molar-refractivity contribution is -0.146. The number of ether oxygens (including phenoxy) is 3. The molecule has 130 valence electrons. The molecule has 0 fully saturated rings. The highest BCUT2D eigenvalue weighted by molar-refractivity contribution is 5.78. The molecule has 0 aliphatic carbocycles. The summed E-state index contributed by atoms with van der Waals surface area (Å²) < 4.78 is 16.0. The van der Waals surface area contributed by atoms with Crippen LogP contribution in [0.5, 0.6) is 11.5 Å². The average Bonchev–Trinajstić information content (AvgIpc) is 2.60. The Hall–Kier alpha value is -1.71. The second kappa shape index (κ2) is 10.1. The Morgan fingerprint density at radius 2 is 1.70 bits per heavy atom. The van der Waals surface area contributed by atoms with Gasteiger partial charge in [0.1, 0.15) is 11.5 Å². The van der Waals surface area contributed by atoms with Crippen LogP contribution in [-0.4, -0.2) is 26.8 Å². The molecule has 4 heteroatoms. The maximum absolute atomic E-state index is 12.3. The van der Waals surface area contributed by atoms with Crippen molar-refractivity contribution in [1.82, 2.24) is 0 Å². The lowest BCUT2D eigenvalue weighted by Gasteiger charge is -2.18. The SMILES string of the molecule is CCCCC(CC)COC(=O)C(C)c1cc(OC)cc(OC)c1. The van der Waals surface area contributed by atoms with E-state index in [9.17, 15) is 4.79 Å². The van der Waals surface area contributed by atoms with Gasteiger partial charge in [-0.2, -0.15) is 0 Å². The van der Waals surface area contributed by atoms with Gasteiger partial charge in [-0.25, -0.2) is 0 Å². The standard InChI is InChI=1S/C19H30O4/c1-6-8-9-15(7-2)13-23-19(20)14(3)16-10-17(21-4)12-18(11-16)22-5/h10-12,14-15H,6-9,13H2,1-5H3. The summed E-state index contributed by atoms with van der Waals surface area (Å²) in [6, 6.07) is 5.49. The summed E-state index contributed by atoms with van der Waals surface area (Å²) in [4.78, 5) is 12.3. The largest absolute Gasteiger partial charge is 0.497 e. The van der Waals surface area contributed by atoms with Gasteiger partial charge in [-0.1, -0.05) is 33.1 Å². The first-order valence-electron chi connectivity index (χ1n) is 8.45. The number of hydrogen-bond donors (Lipinski definition) is 0. The van der Waals surface area contributed by atoms with Crippen molar-refractivity contribution in [2.24, 2.45) is 5.92 Å². The van der Waals surface area contributed by atoms with Gasteiger partial charge in [0.25, 0.3) is 0 Å². The highest BCUT2D eigenvalue weighted by Gasteiger charge is 2.20. The van der Waals surface area contributed by atoms with Crippen LogP contribution in [-0.2, 0) is 9.53 Å². The molecule has 1 rings (SSSR count). The highest BCUT2D eigenvalue weighted by Crippen LogP contribution is 2.28. The number of benzene rings is 1. The van der Waals surface area contributed by atoms with E-state index in [2.05, 4.69) is 13.8 Å². The van der Waals surface area contributed by atoms with Gasteiger partial charge in [-0.15, -0.1) is 0 Å². The summed E-state index contributed by atoms with van der Waals surface area (Å²) in [6.45, 7) is 6.67. The Kier molecular flexibility index (Phi) is 8.52. The van der Waals surface area contributed by atoms with E-state index >= 15 is 0 Å². The molecule has 0 spiro atoms. The Morgan fingerprint density at radius 1 is 1.09 bits per heavy atom. The predicted octanol–water partition coefficient (Wildman–Crippen LogP) is 4.57. The number of carbonyl (C=O) groups is 1. The Balaban J connectivity index is 2.68. The van der Waals surface area contributed by atoms with E-state index in [-0.39, 0.29) is 11.9 Å². The highest BCUT2D eigenvalue weighted by atomic mass is 16.5. The normalized spacial score (nSPS) is 13.3. The molecule has 0 saturated heterocycles. The molecule has 1 aromatic rings. The molecule has 0 saturated carbocycles. The van der Waals surface area contributed by atoms with Crippen LogP contribution < -0.4 is 9.47 Å². The van der Waals surface area contributed by atoms with E-state index in [1.54, 1.807) is 20.3 Å². The first kappa shape index (κ1) is 19.3. The van der Waals surface area contributed by atoms with Gasteiger partial charge in [-0.3, -0.25) is 4.79 Å². The minimum atomic E-state index is -0.345. The average molecular weight is 322 g/mol. The van der Waals surface area contributed by atoms with Crippen molar-refractivity contribution < 1.29 is 19.0 Å². The Labute approximate surface area is 140 Å². The van der Waals surface area contributed by atoms with Crippen molar-refractivity contribution in [2.75, 3.05) is 20.8 Å². The number of rotatable bonds is 10. The molecule has 0 heterocycles. The summed E-state index contributed by atoms with van der Waals surface area (Å²) in [5, 5.41) is 0. The fourth-order valence-corrected chi connectivity index (χ4v) is 2.44. The Bertz CT molecular complexity index is 462. The van der Waals surface area contributed by atoms with Crippen LogP contribution in [0.25, 0.3) is 0 Å². The topological polar surface area (TPSA) is 44.8 Å². The summed E-state index contributed by atoms with van der Waals surface area (Å²) in [6.07, 6.45) is 4.50. The van der Waals surface area contributed by atoms with Gasteiger partial charge in [0.05, 0.1) is 26.7 Å². The Morgan fingerprint density at radius 3 is 2.17 bits per heavy atom. The fourth-order valence-electron chi connectivity index (χ4n) is 2.44. The van der Waals surface area contributed by atoms with E-state index < -0.39 is 0 Å². The molecular formula is C19H30O4. The van der Waals surface area contributed by atoms with E-state index in [1.807, 2.05) is 19.1 Å². The molecular weight excluding hydrogens is 292 g/mol. The third-order valence-corrected chi connectivity index (χ3v) is 4.23. The van der Waals surface area contributed by atoms with E-state index in [0.29, 0.717) is 24.0 Å². The van der Waals surface area contributed by atoms with Crippen LogP contribution in [0, 0.1) is 5.92 Å². The van der Waals surface area contributed by atoms with Gasteiger partial charge in [-0.05, 0) is 37.0 Å². The molecule has 0 amide bonds. The third kappa shape index (κ3) is 6.12. The van der Waals surface area contributed by atoms with Gasteiger partial charge in [0.2, 0.25) is 0 Å². The fraction of sp³-hybridized carbons (Fsp3) is 0.632. The predicted molar refractivity (Wildman–Crippen MR) is 92.2 cm³/mol. The molecule has 0 aliphatic heterocycles. The zero-order valence-corrected chi connectivity index (χ0v) is 15.1. The van der Waals surface area contributed by atoms with Gasteiger partial charge in [0.15, 0.2) is 0 Å². The van der Waals surface area contributed by atoms with Crippen molar-refractivity contribution in [1.29, 1.82) is 0 Å². The number of carbonyl (C=O) groups excluding carboxylic acids is 1. The van der Waals surface area contributed by atoms with Gasteiger partial charge in [0, 0.05) is 6.07 Å². The minimum Gasteiger partial charge on any atom is -0.497 e. The quantitative estimate of drug-likeness (QED) is 0.592. The van der Waals surface area contributed by atoms with Crippen molar-refractivity contribution >= 4 is 5.97 Å². The zero-order valence-electron chi connectivity index (χ0n) is 15.1. The van der Waals surface area contributed by atoms with Crippen LogP contribution in [0.15, 0.2) is 18.2 Å². The summed E-state index contributed by atoms with van der Waals surface area (Å²) in [7, 11) is 3.20. The van der Waals surface area contributed by atoms with Crippen LogP contribution in [0.4, 0.5) is 0 Å². The van der Waals surface area contributed by atoms with Gasteiger partial charge < -0.3 is 14.2 Å². The summed E-state index contributed by atoms with van der Waals surface area (Å²) >= 11 is 0. The van der Waals surface area contributed by atoms with E-state index in [0.717, 1.165) is 18.4 Å². The molecule has 23 heavy (non-hydrogen) atoms. The molecule has 0 radical (unpaired) electrons. The number of methoxy groups -OCH3 is 2. The zero-order chi connectivity index (χ0) is 17.2. The third-order valence-electron chi connectivity index (χ3n) is 4.23. The molecule has 0 aromatic heterocycles. The molecule has 0 bridgehead atoms. The lowest BCUT2D eigenvalue weighted by Crippen LogP contribution is -2.18. The van der Waals surface area contributed by atoms with Crippen LogP contribution in [0.2, 0.25) is 0 Å². The molecule has 1 aromatic carbocycles. The van der Waals surface area contributed by atoms with Crippen LogP contribution in [0.3, 0.4) is 0 Å². The van der Waals surface area contributed by atoms with Crippen LogP contribution in [0.1, 0.15) is 57.9 Å². The minimum absolute atomic E-state index is 0.199. The van der Waals surface area contributed by atoms with Crippen molar-refractivity contribution in [2.45, 2.75) is 52.4 Å². The second-order valence-electron chi connectivity index (χ2n) is 5.91. The van der Waals surface area contributed by atoms with Gasteiger partial charge >= 0.3 is 5.97 Å².